The number of carboxylic acid groups (broad SMARTS) is 3. The van der Waals surface area contributed by atoms with Gasteiger partial charge in [0.2, 0.25) is 5.78 Å². The maximum absolute atomic E-state index is 12.5. The maximum Gasteiger partial charge on any atom is 0.490 e. The lowest BCUT2D eigenvalue weighted by molar-refractivity contribution is -0.193. The molecule has 1 heterocycles. The van der Waals surface area contributed by atoms with Crippen LogP contribution in [0.3, 0.4) is 0 Å². The number of hydrogen-bond acceptors (Lipinski definition) is 9. The number of amides is 1. The molecular formula is C30H33F6N5O10. The molecule has 0 aliphatic carbocycles. The van der Waals surface area contributed by atoms with Gasteiger partial charge in [0.05, 0.1) is 12.4 Å². The van der Waals surface area contributed by atoms with Crippen LogP contribution in [0, 0.1) is 10.8 Å². The minimum atomic E-state index is -5.08. The average molecular weight is 738 g/mol. The second-order valence-corrected chi connectivity index (χ2v) is 10.3. The molecule has 2 aromatic carbocycles. The summed E-state index contributed by atoms with van der Waals surface area (Å²) < 4.78 is 75.2. The highest BCUT2D eigenvalue weighted by Crippen LogP contribution is 2.22. The third-order valence-corrected chi connectivity index (χ3v) is 6.43. The summed E-state index contributed by atoms with van der Waals surface area (Å²) >= 11 is 0. The number of ether oxygens (including phenoxy) is 2. The van der Waals surface area contributed by atoms with Crippen molar-refractivity contribution in [2.45, 2.75) is 44.6 Å². The predicted octanol–water partition coefficient (Wildman–Crippen LogP) is 3.08. The molecule has 0 aromatic heterocycles. The number of ketones is 1. The molecular weight excluding hydrogens is 704 g/mol. The summed E-state index contributed by atoms with van der Waals surface area (Å²) in [6.45, 7) is 3.57. The Balaban J connectivity index is 0.000000780. The Kier molecular flexibility index (Phi) is 16.4. The van der Waals surface area contributed by atoms with Crippen LogP contribution in [0.15, 0.2) is 42.5 Å². The van der Waals surface area contributed by atoms with Crippen LogP contribution >= 0.6 is 0 Å². The van der Waals surface area contributed by atoms with E-state index in [0.717, 1.165) is 25.9 Å². The summed E-state index contributed by atoms with van der Waals surface area (Å²) in [5.41, 5.74) is 6.67. The molecule has 0 saturated carbocycles. The first kappa shape index (κ1) is 43.1. The van der Waals surface area contributed by atoms with E-state index in [2.05, 4.69) is 5.32 Å². The number of nitrogens with zero attached hydrogens (tertiary/aromatic N) is 1. The SMILES string of the molecule is CC(=N)N1CCC(Oc2ccc(C(=O)NCCOc3cc(C(=N)N)ccc3CC(=O)C(=O)O)cc2)CC1.O=C(O)C(F)(F)F.O=C(O)C(F)(F)F. The molecule has 280 valence electrons. The molecule has 3 rings (SSSR count). The zero-order valence-corrected chi connectivity index (χ0v) is 26.6. The number of carbonyl (C=O) groups excluding carboxylic acids is 2. The third kappa shape index (κ3) is 15.9. The zero-order chi connectivity index (χ0) is 39.1. The minimum absolute atomic E-state index is 0.0521. The molecule has 0 radical (unpaired) electrons. The lowest BCUT2D eigenvalue weighted by Gasteiger charge is -2.32. The Morgan fingerprint density at radius 1 is 0.882 bits per heavy atom. The molecule has 0 atom stereocenters. The van der Waals surface area contributed by atoms with Gasteiger partial charge in [-0.05, 0) is 37.3 Å². The standard InChI is InChI=1S/C26H31N5O6.2C2HF3O2/c1-16(27)31-11-8-21(9-12-31)37-20-6-4-17(5-7-20)25(33)30-10-13-36-23-15-19(24(28)29)3-2-18(23)14-22(32)26(34)35;2*3-2(4,5)1(6)7/h2-7,15,21,27H,8-14H2,1H3,(H3,28,29)(H,30,33)(H,34,35);2*(H,6,7). The van der Waals surface area contributed by atoms with Crippen LogP contribution in [0.5, 0.6) is 11.5 Å². The summed E-state index contributed by atoms with van der Waals surface area (Å²) in [6, 6.07) is 11.3. The highest BCUT2D eigenvalue weighted by Gasteiger charge is 2.39. The average Bonchev–Trinajstić information content (AvgIpc) is 3.03. The second kappa shape index (κ2) is 19.3. The zero-order valence-electron chi connectivity index (χ0n) is 26.6. The number of halogens is 6. The number of piperidine rings is 1. The summed E-state index contributed by atoms with van der Waals surface area (Å²) in [6.07, 6.45) is -8.80. The van der Waals surface area contributed by atoms with Crippen LogP contribution in [-0.4, -0.2) is 106 Å². The topological polar surface area (TPSA) is 253 Å². The second-order valence-electron chi connectivity index (χ2n) is 10.3. The first-order valence-corrected chi connectivity index (χ1v) is 14.3. The smallest absolute Gasteiger partial charge is 0.490 e. The third-order valence-electron chi connectivity index (χ3n) is 6.43. The molecule has 0 bridgehead atoms. The van der Waals surface area contributed by atoms with Gasteiger partial charge in [-0.1, -0.05) is 12.1 Å². The number of alkyl halides is 6. The number of Topliss-reactive ketones (excluding diaryl/α,β-unsaturated/α-hetero) is 1. The Hall–Kier alpha value is -5.89. The van der Waals surface area contributed by atoms with Gasteiger partial charge in [0.25, 0.3) is 5.91 Å². The van der Waals surface area contributed by atoms with Gasteiger partial charge in [-0.3, -0.25) is 20.4 Å². The van der Waals surface area contributed by atoms with Gasteiger partial charge in [0, 0.05) is 49.0 Å². The van der Waals surface area contributed by atoms with E-state index in [1.165, 1.54) is 18.2 Å². The highest BCUT2D eigenvalue weighted by atomic mass is 19.4. The van der Waals surface area contributed by atoms with Crippen LogP contribution in [0.4, 0.5) is 26.3 Å². The van der Waals surface area contributed by atoms with Crippen molar-refractivity contribution in [2.75, 3.05) is 26.2 Å². The number of nitrogens with two attached hydrogens (primary N) is 1. The fourth-order valence-corrected chi connectivity index (χ4v) is 3.87. The molecule has 1 aliphatic heterocycles. The Labute approximate surface area is 284 Å². The van der Waals surface area contributed by atoms with Crippen molar-refractivity contribution in [3.8, 4) is 11.5 Å². The Bertz CT molecular complexity index is 1550. The number of amidine groups is 2. The fraction of sp³-hybridized carbons (Fsp3) is 0.367. The van der Waals surface area contributed by atoms with Gasteiger partial charge >= 0.3 is 30.3 Å². The van der Waals surface area contributed by atoms with Crippen LogP contribution < -0.4 is 20.5 Å². The summed E-state index contributed by atoms with van der Waals surface area (Å²) in [4.78, 5) is 54.9. The molecule has 8 N–H and O–H groups in total. The van der Waals surface area contributed by atoms with E-state index in [4.69, 9.17) is 50.9 Å². The molecule has 1 fully saturated rings. The number of benzene rings is 2. The highest BCUT2D eigenvalue weighted by molar-refractivity contribution is 6.33. The molecule has 2 aromatic rings. The van der Waals surface area contributed by atoms with Gasteiger partial charge in [-0.25, -0.2) is 14.4 Å². The number of carbonyl (C=O) groups is 5. The van der Waals surface area contributed by atoms with Crippen LogP contribution in [0.1, 0.15) is 41.3 Å². The number of nitrogen functional groups attached to an aromatic ring is 1. The summed E-state index contributed by atoms with van der Waals surface area (Å²) in [5, 5.41) is 41.2. The van der Waals surface area contributed by atoms with Gasteiger partial charge in [0.15, 0.2) is 0 Å². The monoisotopic (exact) mass is 737 g/mol. The van der Waals surface area contributed by atoms with E-state index >= 15 is 0 Å². The van der Waals surface area contributed by atoms with E-state index in [-0.39, 0.29) is 43.2 Å². The largest absolute Gasteiger partial charge is 0.491 e. The van der Waals surface area contributed by atoms with E-state index in [9.17, 15) is 40.7 Å². The van der Waals surface area contributed by atoms with Crippen LogP contribution in [0.2, 0.25) is 0 Å². The van der Waals surface area contributed by atoms with E-state index < -0.39 is 36.0 Å². The number of nitrogens with one attached hydrogen (secondary N) is 3. The molecule has 21 heteroatoms. The van der Waals surface area contributed by atoms with Crippen molar-refractivity contribution in [3.05, 3.63) is 59.2 Å². The number of carboxylic acids is 3. The molecule has 1 saturated heterocycles. The van der Waals surface area contributed by atoms with Gasteiger partial charge in [0.1, 0.15) is 30.0 Å². The van der Waals surface area contributed by atoms with Crippen molar-refractivity contribution >= 4 is 41.3 Å². The molecule has 15 nitrogen and oxygen atoms in total. The van der Waals surface area contributed by atoms with Gasteiger partial charge in [-0.2, -0.15) is 26.3 Å². The predicted molar refractivity (Wildman–Crippen MR) is 164 cm³/mol. The van der Waals surface area contributed by atoms with Crippen molar-refractivity contribution in [3.63, 3.8) is 0 Å². The molecule has 51 heavy (non-hydrogen) atoms. The number of hydrogen-bond donors (Lipinski definition) is 7. The van der Waals surface area contributed by atoms with Crippen molar-refractivity contribution in [2.24, 2.45) is 5.73 Å². The normalized spacial score (nSPS) is 12.9. The lowest BCUT2D eigenvalue weighted by Crippen LogP contribution is -2.40. The van der Waals surface area contributed by atoms with Crippen molar-refractivity contribution in [1.29, 1.82) is 10.8 Å². The molecule has 1 amide bonds. The Morgan fingerprint density at radius 3 is 1.80 bits per heavy atom. The van der Waals surface area contributed by atoms with Crippen molar-refractivity contribution < 1.29 is 75.1 Å². The summed E-state index contributed by atoms with van der Waals surface area (Å²) in [5.74, 6) is -7.09. The number of aliphatic carboxylic acids is 3. The van der Waals surface area contributed by atoms with Crippen molar-refractivity contribution in [1.82, 2.24) is 10.2 Å². The molecule has 1 aliphatic rings. The lowest BCUT2D eigenvalue weighted by atomic mass is 10.0. The van der Waals surface area contributed by atoms with Gasteiger partial charge < -0.3 is 40.7 Å². The Morgan fingerprint density at radius 2 is 1.37 bits per heavy atom. The maximum atomic E-state index is 12.5. The van der Waals surface area contributed by atoms with Crippen LogP contribution in [0.25, 0.3) is 0 Å². The van der Waals surface area contributed by atoms with E-state index in [1.807, 2.05) is 4.90 Å². The molecule has 0 spiro atoms. The van der Waals surface area contributed by atoms with Gasteiger partial charge in [-0.15, -0.1) is 0 Å². The molecule has 0 unspecified atom stereocenters. The first-order chi connectivity index (χ1) is 23.5. The number of likely N-dealkylation sites (tertiary alicyclic amines) is 1. The minimum Gasteiger partial charge on any atom is -0.491 e. The first-order valence-electron chi connectivity index (χ1n) is 14.3. The van der Waals surface area contributed by atoms with E-state index in [0.29, 0.717) is 28.3 Å². The summed E-state index contributed by atoms with van der Waals surface area (Å²) in [7, 11) is 0. The quantitative estimate of drug-likeness (QED) is 0.0578. The van der Waals surface area contributed by atoms with Crippen LogP contribution in [-0.2, 0) is 25.6 Å². The fourth-order valence-electron chi connectivity index (χ4n) is 3.87. The number of rotatable bonds is 11. The van der Waals surface area contributed by atoms with E-state index in [1.54, 1.807) is 31.2 Å².